The van der Waals surface area contributed by atoms with E-state index in [-0.39, 0.29) is 18.0 Å². The zero-order valence-corrected chi connectivity index (χ0v) is 20.4. The van der Waals surface area contributed by atoms with Crippen LogP contribution in [0, 0.1) is 0 Å². The van der Waals surface area contributed by atoms with E-state index in [1.807, 2.05) is 48.2 Å². The van der Waals surface area contributed by atoms with Crippen molar-refractivity contribution in [3.63, 3.8) is 0 Å². The number of fused-ring (bicyclic) bond motifs is 1. The van der Waals surface area contributed by atoms with Crippen LogP contribution in [0.25, 0.3) is 11.3 Å². The largest absolute Gasteiger partial charge is 0.368 e. The number of nitrogen functional groups attached to an aromatic ring is 1. The summed E-state index contributed by atoms with van der Waals surface area (Å²) in [5, 5.41) is 3.14. The van der Waals surface area contributed by atoms with Crippen molar-refractivity contribution in [1.82, 2.24) is 25.1 Å². The van der Waals surface area contributed by atoms with Gasteiger partial charge in [0.1, 0.15) is 5.82 Å². The van der Waals surface area contributed by atoms with Gasteiger partial charge in [-0.25, -0.2) is 9.78 Å². The number of carbonyl (C=O) groups excluding carboxylic acids is 1. The number of anilines is 2. The number of nitrogens with one attached hydrogen (secondary N) is 1. The number of amides is 2. The van der Waals surface area contributed by atoms with Gasteiger partial charge in [0.05, 0.1) is 11.7 Å². The minimum absolute atomic E-state index is 0.0407. The van der Waals surface area contributed by atoms with Gasteiger partial charge >= 0.3 is 6.03 Å². The predicted octanol–water partition coefficient (Wildman–Crippen LogP) is 3.31. The van der Waals surface area contributed by atoms with Crippen molar-refractivity contribution in [2.45, 2.75) is 25.9 Å². The number of carbonyl (C=O) groups is 1. The topological polar surface area (TPSA) is 90.6 Å². The Bertz CT molecular complexity index is 1190. The highest BCUT2D eigenvalue weighted by molar-refractivity contribution is 5.75. The molecule has 1 fully saturated rings. The highest BCUT2D eigenvalue weighted by Crippen LogP contribution is 2.28. The molecule has 2 aromatic carbocycles. The van der Waals surface area contributed by atoms with E-state index in [1.54, 1.807) is 0 Å². The van der Waals surface area contributed by atoms with E-state index in [9.17, 15) is 4.79 Å². The van der Waals surface area contributed by atoms with Gasteiger partial charge in [0.2, 0.25) is 5.95 Å². The van der Waals surface area contributed by atoms with Crippen LogP contribution in [0.5, 0.6) is 0 Å². The standard InChI is InChI=1S/C27H33N7O/c1-19(20-6-4-3-5-7-20)29-27(35)34-11-10-21-8-9-22(16-23(21)18-34)24-17-25(31-26(28)30-24)33-14-12-32(2)13-15-33/h3-9,16-17,19H,10-15,18H2,1-2H3,(H,29,35)(H2,28,30,31). The average Bonchev–Trinajstić information content (AvgIpc) is 2.88. The van der Waals surface area contributed by atoms with Gasteiger partial charge in [-0.2, -0.15) is 4.98 Å². The SMILES string of the molecule is CC(NC(=O)N1CCc2ccc(-c3cc(N4CCN(C)CC4)nc(N)n3)cc2C1)c1ccccc1. The van der Waals surface area contributed by atoms with Gasteiger partial charge in [-0.15, -0.1) is 0 Å². The average molecular weight is 472 g/mol. The third kappa shape index (κ3) is 5.22. The number of piperazine rings is 1. The Kier molecular flexibility index (Phi) is 6.55. The zero-order valence-electron chi connectivity index (χ0n) is 20.4. The fraction of sp³-hybridized carbons (Fsp3) is 0.370. The van der Waals surface area contributed by atoms with Crippen LogP contribution in [0.4, 0.5) is 16.6 Å². The van der Waals surface area contributed by atoms with Gasteiger partial charge in [-0.05, 0) is 43.1 Å². The molecule has 0 saturated carbocycles. The van der Waals surface area contributed by atoms with Crippen LogP contribution in [0.3, 0.4) is 0 Å². The van der Waals surface area contributed by atoms with Crippen LogP contribution in [0.1, 0.15) is 29.7 Å². The van der Waals surface area contributed by atoms with E-state index in [0.717, 1.165) is 60.8 Å². The zero-order chi connectivity index (χ0) is 24.4. The first-order chi connectivity index (χ1) is 17.0. The molecule has 0 radical (unpaired) electrons. The Labute approximate surface area is 206 Å². The number of hydrogen-bond acceptors (Lipinski definition) is 6. The first kappa shape index (κ1) is 23.1. The molecule has 182 valence electrons. The number of nitrogens with two attached hydrogens (primary N) is 1. The molecule has 0 aliphatic carbocycles. The van der Waals surface area contributed by atoms with Crippen LogP contribution in [-0.2, 0) is 13.0 Å². The molecule has 0 bridgehead atoms. The summed E-state index contributed by atoms with van der Waals surface area (Å²) in [4.78, 5) is 28.5. The molecule has 1 unspecified atom stereocenters. The fourth-order valence-electron chi connectivity index (χ4n) is 4.79. The fourth-order valence-corrected chi connectivity index (χ4v) is 4.79. The Morgan fingerprint density at radius 1 is 0.971 bits per heavy atom. The maximum Gasteiger partial charge on any atom is 0.318 e. The second-order valence-electron chi connectivity index (χ2n) is 9.50. The third-order valence-electron chi connectivity index (χ3n) is 7.00. The number of hydrogen-bond donors (Lipinski definition) is 2. The molecule has 3 heterocycles. The lowest BCUT2D eigenvalue weighted by atomic mass is 9.96. The molecule has 3 N–H and O–H groups in total. The number of urea groups is 1. The van der Waals surface area contributed by atoms with E-state index < -0.39 is 0 Å². The Hall–Kier alpha value is -3.65. The van der Waals surface area contributed by atoms with Gasteiger partial charge in [0.15, 0.2) is 0 Å². The highest BCUT2D eigenvalue weighted by Gasteiger charge is 2.23. The van der Waals surface area contributed by atoms with Crippen molar-refractivity contribution in [3.05, 3.63) is 71.3 Å². The predicted molar refractivity (Wildman–Crippen MR) is 139 cm³/mol. The molecular formula is C27H33N7O. The summed E-state index contributed by atoms with van der Waals surface area (Å²) in [6, 6.07) is 18.4. The Balaban J connectivity index is 1.32. The summed E-state index contributed by atoms with van der Waals surface area (Å²) in [7, 11) is 2.14. The molecule has 2 aliphatic rings. The molecule has 1 saturated heterocycles. The lowest BCUT2D eigenvalue weighted by molar-refractivity contribution is 0.189. The maximum atomic E-state index is 13.0. The molecule has 2 amide bonds. The first-order valence-electron chi connectivity index (χ1n) is 12.3. The Morgan fingerprint density at radius 2 is 1.74 bits per heavy atom. The summed E-state index contributed by atoms with van der Waals surface area (Å²) in [5.41, 5.74) is 11.4. The quantitative estimate of drug-likeness (QED) is 0.607. The maximum absolute atomic E-state index is 13.0. The van der Waals surface area contributed by atoms with E-state index in [2.05, 4.69) is 50.3 Å². The van der Waals surface area contributed by atoms with E-state index in [4.69, 9.17) is 5.73 Å². The van der Waals surface area contributed by atoms with Gasteiger partial charge < -0.3 is 25.8 Å². The monoisotopic (exact) mass is 471 g/mol. The Morgan fingerprint density at radius 3 is 2.51 bits per heavy atom. The van der Waals surface area contributed by atoms with Gasteiger partial charge in [0.25, 0.3) is 0 Å². The van der Waals surface area contributed by atoms with Gasteiger partial charge in [0, 0.05) is 50.9 Å². The molecule has 3 aromatic rings. The summed E-state index contributed by atoms with van der Waals surface area (Å²) >= 11 is 0. The van der Waals surface area contributed by atoms with Crippen molar-refractivity contribution in [3.8, 4) is 11.3 Å². The number of aromatic nitrogens is 2. The summed E-state index contributed by atoms with van der Waals surface area (Å²) in [6.07, 6.45) is 0.835. The number of nitrogens with zero attached hydrogens (tertiary/aromatic N) is 5. The van der Waals surface area contributed by atoms with Crippen LogP contribution < -0.4 is 16.0 Å². The summed E-state index contributed by atoms with van der Waals surface area (Å²) < 4.78 is 0. The van der Waals surface area contributed by atoms with E-state index in [0.29, 0.717) is 13.1 Å². The molecule has 1 atom stereocenters. The molecule has 8 heteroatoms. The van der Waals surface area contributed by atoms with Crippen molar-refractivity contribution < 1.29 is 4.79 Å². The minimum Gasteiger partial charge on any atom is -0.368 e. The molecule has 8 nitrogen and oxygen atoms in total. The normalized spacial score (nSPS) is 17.1. The van der Waals surface area contributed by atoms with E-state index in [1.165, 1.54) is 5.56 Å². The summed E-state index contributed by atoms with van der Waals surface area (Å²) in [6.45, 7) is 7.12. The van der Waals surface area contributed by atoms with Crippen LogP contribution in [0.2, 0.25) is 0 Å². The van der Waals surface area contributed by atoms with E-state index >= 15 is 0 Å². The first-order valence-corrected chi connectivity index (χ1v) is 12.3. The molecule has 0 spiro atoms. The number of likely N-dealkylation sites (N-methyl/N-ethyl adjacent to an activating group) is 1. The summed E-state index contributed by atoms with van der Waals surface area (Å²) in [5.74, 6) is 1.15. The highest BCUT2D eigenvalue weighted by atomic mass is 16.2. The number of benzene rings is 2. The van der Waals surface area contributed by atoms with Crippen molar-refractivity contribution in [2.24, 2.45) is 0 Å². The van der Waals surface area contributed by atoms with Crippen LogP contribution in [0.15, 0.2) is 54.6 Å². The van der Waals surface area contributed by atoms with Crippen LogP contribution in [-0.4, -0.2) is 65.6 Å². The molecule has 35 heavy (non-hydrogen) atoms. The lowest BCUT2D eigenvalue weighted by Crippen LogP contribution is -2.44. The minimum atomic E-state index is -0.0478. The van der Waals surface area contributed by atoms with Crippen molar-refractivity contribution in [1.29, 1.82) is 0 Å². The third-order valence-corrected chi connectivity index (χ3v) is 7.00. The van der Waals surface area contributed by atoms with Gasteiger partial charge in [-0.3, -0.25) is 0 Å². The molecule has 5 rings (SSSR count). The van der Waals surface area contributed by atoms with Crippen molar-refractivity contribution in [2.75, 3.05) is 50.4 Å². The molecular weight excluding hydrogens is 438 g/mol. The number of rotatable bonds is 4. The second-order valence-corrected chi connectivity index (χ2v) is 9.50. The smallest absolute Gasteiger partial charge is 0.318 e. The van der Waals surface area contributed by atoms with Crippen molar-refractivity contribution >= 4 is 17.8 Å². The van der Waals surface area contributed by atoms with Gasteiger partial charge in [-0.1, -0.05) is 42.5 Å². The molecule has 1 aromatic heterocycles. The second kappa shape index (κ2) is 9.92. The lowest BCUT2D eigenvalue weighted by Gasteiger charge is -2.33. The van der Waals surface area contributed by atoms with Crippen LogP contribution >= 0.6 is 0 Å². The molecule has 2 aliphatic heterocycles.